The minimum absolute atomic E-state index is 0.383. The highest BCUT2D eigenvalue weighted by molar-refractivity contribution is 9.10. The van der Waals surface area contributed by atoms with E-state index in [1.54, 1.807) is 10.9 Å². The lowest BCUT2D eigenvalue weighted by Crippen LogP contribution is -1.91. The lowest BCUT2D eigenvalue weighted by atomic mass is 10.7. The van der Waals surface area contributed by atoms with Gasteiger partial charge in [-0.15, -0.1) is 0 Å². The Hall–Kier alpha value is -0.310. The first-order valence-electron chi connectivity index (χ1n) is 3.01. The monoisotopic (exact) mass is 175 g/mol. The number of aryl methyl sites for hydroxylation is 1. The van der Waals surface area contributed by atoms with E-state index in [0.29, 0.717) is 13.4 Å². The Labute approximate surface area is 58.0 Å². The third-order valence-corrected chi connectivity index (χ3v) is 1.24. The fourth-order valence-corrected chi connectivity index (χ4v) is 0.789. The van der Waals surface area contributed by atoms with Gasteiger partial charge < -0.3 is 0 Å². The zero-order valence-corrected chi connectivity index (χ0v) is 5.93. The van der Waals surface area contributed by atoms with Gasteiger partial charge in [0, 0.05) is 14.1 Å². The summed E-state index contributed by atoms with van der Waals surface area (Å²) in [5.74, 6) is 0. The molecule has 0 radical (unpaired) electrons. The van der Waals surface area contributed by atoms with Crippen molar-refractivity contribution in [1.82, 2.24) is 9.78 Å². The van der Waals surface area contributed by atoms with Crippen molar-refractivity contribution in [2.75, 3.05) is 0 Å². The fraction of sp³-hybridized carbons (Fsp3) is 0.400. The molecule has 0 saturated carbocycles. The van der Waals surface area contributed by atoms with Crippen molar-refractivity contribution >= 4 is 15.9 Å². The molecule has 0 aliphatic carbocycles. The molecule has 1 aromatic rings. The molecule has 0 amide bonds. The van der Waals surface area contributed by atoms with Crippen LogP contribution in [0.1, 0.15) is 8.27 Å². The van der Waals surface area contributed by atoms with E-state index < -0.39 is 0 Å². The van der Waals surface area contributed by atoms with Crippen molar-refractivity contribution in [3.8, 4) is 0 Å². The van der Waals surface area contributed by atoms with Gasteiger partial charge in [-0.25, -0.2) is 0 Å². The molecule has 2 nitrogen and oxygen atoms in total. The van der Waals surface area contributed by atoms with Gasteiger partial charge in [-0.1, -0.05) is 0 Å². The maximum Gasteiger partial charge on any atom is 0.0632 e. The van der Waals surface area contributed by atoms with Crippen LogP contribution in [0.5, 0.6) is 0 Å². The van der Waals surface area contributed by atoms with Crippen LogP contribution in [-0.2, 0) is 6.54 Å². The standard InChI is InChI=1S/C5H7BrN2/c1-2-8-4-5(6)3-7-8/h3-4H,2H2,1H3/i1D. The summed E-state index contributed by atoms with van der Waals surface area (Å²) in [7, 11) is 0. The first kappa shape index (κ1) is 4.56. The summed E-state index contributed by atoms with van der Waals surface area (Å²) >= 11 is 3.26. The van der Waals surface area contributed by atoms with Crippen LogP contribution >= 0.6 is 15.9 Å². The van der Waals surface area contributed by atoms with E-state index in [1.165, 1.54) is 0 Å². The first-order chi connectivity index (χ1) is 4.33. The second kappa shape index (κ2) is 2.31. The minimum Gasteiger partial charge on any atom is -0.272 e. The Morgan fingerprint density at radius 2 is 3.00 bits per heavy atom. The summed E-state index contributed by atoms with van der Waals surface area (Å²) in [5.41, 5.74) is 0. The molecule has 0 saturated heterocycles. The average molecular weight is 176 g/mol. The third kappa shape index (κ3) is 1.10. The molecule has 3 heteroatoms. The highest BCUT2D eigenvalue weighted by Crippen LogP contribution is 2.05. The zero-order chi connectivity index (χ0) is 6.69. The third-order valence-electron chi connectivity index (χ3n) is 0.831. The van der Waals surface area contributed by atoms with Crippen LogP contribution in [0.3, 0.4) is 0 Å². The molecule has 0 aliphatic heterocycles. The van der Waals surface area contributed by atoms with Gasteiger partial charge in [-0.3, -0.25) is 4.68 Å². The summed E-state index contributed by atoms with van der Waals surface area (Å²) in [6.07, 6.45) is 3.57. The van der Waals surface area contributed by atoms with E-state index >= 15 is 0 Å². The van der Waals surface area contributed by atoms with Gasteiger partial charge in [0.05, 0.1) is 10.7 Å². The summed E-state index contributed by atoms with van der Waals surface area (Å²) in [5, 5.41) is 3.96. The maximum absolute atomic E-state index is 6.87. The SMILES string of the molecule is [2H]CCn1cc(Br)cn1. The summed E-state index contributed by atoms with van der Waals surface area (Å²) in [6.45, 7) is 1.06. The molecule has 1 rings (SSSR count). The lowest BCUT2D eigenvalue weighted by Gasteiger charge is -1.88. The molecule has 0 bridgehead atoms. The Balaban J connectivity index is 2.61. The van der Waals surface area contributed by atoms with E-state index in [4.69, 9.17) is 1.37 Å². The second-order valence-electron chi connectivity index (χ2n) is 1.42. The Morgan fingerprint density at radius 1 is 2.12 bits per heavy atom. The van der Waals surface area contributed by atoms with Gasteiger partial charge in [0.15, 0.2) is 0 Å². The summed E-state index contributed by atoms with van der Waals surface area (Å²) in [6, 6.07) is 0. The smallest absolute Gasteiger partial charge is 0.0632 e. The van der Waals surface area contributed by atoms with Crippen molar-refractivity contribution in [2.24, 2.45) is 0 Å². The van der Waals surface area contributed by atoms with E-state index in [-0.39, 0.29) is 0 Å². The van der Waals surface area contributed by atoms with Crippen LogP contribution in [0, 0.1) is 0 Å². The topological polar surface area (TPSA) is 17.8 Å². The van der Waals surface area contributed by atoms with Crippen LogP contribution in [0.25, 0.3) is 0 Å². The molecule has 0 atom stereocenters. The van der Waals surface area contributed by atoms with Crippen molar-refractivity contribution in [1.29, 1.82) is 0 Å². The van der Waals surface area contributed by atoms with Gasteiger partial charge in [0.1, 0.15) is 0 Å². The van der Waals surface area contributed by atoms with E-state index in [0.717, 1.165) is 4.47 Å². The number of hydrogen-bond acceptors (Lipinski definition) is 1. The highest BCUT2D eigenvalue weighted by Gasteiger charge is 1.87. The number of aromatic nitrogens is 2. The number of halogens is 1. The molecular weight excluding hydrogens is 168 g/mol. The molecule has 8 heavy (non-hydrogen) atoms. The normalized spacial score (nSPS) is 11.4. The lowest BCUT2D eigenvalue weighted by molar-refractivity contribution is 0.659. The average Bonchev–Trinajstić information content (AvgIpc) is 2.17. The molecule has 0 spiro atoms. The first-order valence-corrected chi connectivity index (χ1v) is 3.09. The molecule has 0 aliphatic rings. The number of nitrogens with zero attached hydrogens (tertiary/aromatic N) is 2. The molecule has 0 N–H and O–H groups in total. The van der Waals surface area contributed by atoms with Gasteiger partial charge in [0.25, 0.3) is 0 Å². The molecule has 44 valence electrons. The quantitative estimate of drug-likeness (QED) is 0.636. The van der Waals surface area contributed by atoms with Gasteiger partial charge >= 0.3 is 0 Å². The van der Waals surface area contributed by atoms with Crippen LogP contribution in [0.15, 0.2) is 16.9 Å². The Kier molecular flexibility index (Phi) is 1.31. The van der Waals surface area contributed by atoms with E-state index in [2.05, 4.69) is 21.0 Å². The predicted molar refractivity (Wildman–Crippen MR) is 35.6 cm³/mol. The molecule has 0 aromatic carbocycles. The zero-order valence-electron chi connectivity index (χ0n) is 5.34. The molecule has 0 fully saturated rings. The number of hydrogen-bond donors (Lipinski definition) is 0. The van der Waals surface area contributed by atoms with E-state index in [1.807, 2.05) is 6.20 Å². The minimum atomic E-state index is 0.383. The fourth-order valence-electron chi connectivity index (χ4n) is 0.461. The number of rotatable bonds is 1. The predicted octanol–water partition coefficient (Wildman–Crippen LogP) is 1.67. The van der Waals surface area contributed by atoms with Gasteiger partial charge in [0.2, 0.25) is 0 Å². The van der Waals surface area contributed by atoms with Crippen LogP contribution in [0.4, 0.5) is 0 Å². The Morgan fingerprint density at radius 3 is 3.50 bits per heavy atom. The Bertz CT molecular complexity index is 187. The van der Waals surface area contributed by atoms with Crippen molar-refractivity contribution < 1.29 is 1.37 Å². The summed E-state index contributed by atoms with van der Waals surface area (Å²) < 4.78 is 9.57. The van der Waals surface area contributed by atoms with E-state index in [9.17, 15) is 0 Å². The molecular formula is C5H7BrN2. The summed E-state index contributed by atoms with van der Waals surface area (Å²) in [4.78, 5) is 0. The van der Waals surface area contributed by atoms with Crippen molar-refractivity contribution in [3.05, 3.63) is 16.9 Å². The van der Waals surface area contributed by atoms with Crippen LogP contribution < -0.4 is 0 Å². The van der Waals surface area contributed by atoms with Gasteiger partial charge in [-0.2, -0.15) is 5.10 Å². The largest absolute Gasteiger partial charge is 0.272 e. The van der Waals surface area contributed by atoms with Crippen LogP contribution in [0.2, 0.25) is 0 Å². The highest BCUT2D eigenvalue weighted by atomic mass is 79.9. The second-order valence-corrected chi connectivity index (χ2v) is 2.34. The van der Waals surface area contributed by atoms with Gasteiger partial charge in [-0.05, 0) is 22.8 Å². The molecule has 1 heterocycles. The van der Waals surface area contributed by atoms with Crippen molar-refractivity contribution in [2.45, 2.75) is 13.4 Å². The van der Waals surface area contributed by atoms with Crippen molar-refractivity contribution in [3.63, 3.8) is 0 Å². The maximum atomic E-state index is 6.87. The molecule has 0 unspecified atom stereocenters. The molecule has 1 aromatic heterocycles. The van der Waals surface area contributed by atoms with Crippen LogP contribution in [-0.4, -0.2) is 9.78 Å².